The lowest BCUT2D eigenvalue weighted by molar-refractivity contribution is 0.353. The zero-order chi connectivity index (χ0) is 17.8. The zero-order valence-electron chi connectivity index (χ0n) is 15.5. The second-order valence-corrected chi connectivity index (χ2v) is 6.03. The predicted molar refractivity (Wildman–Crippen MR) is 99.9 cm³/mol. The highest BCUT2D eigenvalue weighted by molar-refractivity contribution is 5.52. The Balaban J connectivity index is 1.86. The first-order valence-electron chi connectivity index (χ1n) is 8.76. The molecule has 0 atom stereocenters. The van der Waals surface area contributed by atoms with Crippen LogP contribution in [-0.4, -0.2) is 43.8 Å². The van der Waals surface area contributed by atoms with E-state index in [1.807, 2.05) is 12.3 Å². The number of hydrogen-bond donors (Lipinski definition) is 0. The molecule has 0 bridgehead atoms. The van der Waals surface area contributed by atoms with E-state index in [1.54, 1.807) is 14.2 Å². The molecule has 6 nitrogen and oxygen atoms in total. The van der Waals surface area contributed by atoms with E-state index >= 15 is 0 Å². The predicted octanol–water partition coefficient (Wildman–Crippen LogP) is 2.90. The summed E-state index contributed by atoms with van der Waals surface area (Å²) in [5.41, 5.74) is 2.57. The number of aromatic nitrogens is 2. The average molecular weight is 342 g/mol. The van der Waals surface area contributed by atoms with E-state index in [9.17, 15) is 0 Å². The van der Waals surface area contributed by atoms with Crippen LogP contribution in [0.25, 0.3) is 0 Å². The molecule has 0 fully saturated rings. The molecule has 1 aromatic heterocycles. The van der Waals surface area contributed by atoms with Gasteiger partial charge in [-0.1, -0.05) is 0 Å². The van der Waals surface area contributed by atoms with Crippen LogP contribution in [0.3, 0.4) is 0 Å². The number of anilines is 2. The first-order chi connectivity index (χ1) is 12.2. The first-order valence-corrected chi connectivity index (χ1v) is 8.76. The molecule has 0 saturated heterocycles. The van der Waals surface area contributed by atoms with Crippen LogP contribution in [0.5, 0.6) is 11.5 Å². The summed E-state index contributed by atoms with van der Waals surface area (Å²) in [6.45, 7) is 7.79. The van der Waals surface area contributed by atoms with Gasteiger partial charge in [0.05, 0.1) is 14.2 Å². The van der Waals surface area contributed by atoms with Gasteiger partial charge in [0, 0.05) is 32.4 Å². The standard InChI is InChI=1S/C19H26N4O2/c1-5-22(6-2)19-20-9-7-18(21-19)23-10-8-14-11-16(24-3)17(25-4)12-15(14)13-23/h7,9,11-12H,5-6,8,10,13H2,1-4H3. The van der Waals surface area contributed by atoms with E-state index in [1.165, 1.54) is 11.1 Å². The van der Waals surface area contributed by atoms with Gasteiger partial charge >= 0.3 is 0 Å². The molecule has 25 heavy (non-hydrogen) atoms. The van der Waals surface area contributed by atoms with Crippen molar-refractivity contribution in [2.75, 3.05) is 43.7 Å². The third kappa shape index (κ3) is 3.48. The molecule has 1 aromatic carbocycles. The molecule has 1 aliphatic rings. The van der Waals surface area contributed by atoms with Gasteiger partial charge in [-0.2, -0.15) is 4.98 Å². The number of benzene rings is 1. The lowest BCUT2D eigenvalue weighted by Crippen LogP contribution is -2.32. The molecule has 0 radical (unpaired) electrons. The molecule has 0 saturated carbocycles. The van der Waals surface area contributed by atoms with Gasteiger partial charge < -0.3 is 19.3 Å². The Hall–Kier alpha value is -2.50. The third-order valence-corrected chi connectivity index (χ3v) is 4.72. The molecule has 6 heteroatoms. The van der Waals surface area contributed by atoms with Gasteiger partial charge in [0.15, 0.2) is 11.5 Å². The minimum absolute atomic E-state index is 0.773. The van der Waals surface area contributed by atoms with Crippen molar-refractivity contribution >= 4 is 11.8 Å². The third-order valence-electron chi connectivity index (χ3n) is 4.72. The van der Waals surface area contributed by atoms with Crippen molar-refractivity contribution in [3.05, 3.63) is 35.5 Å². The van der Waals surface area contributed by atoms with Crippen molar-refractivity contribution in [3.63, 3.8) is 0 Å². The van der Waals surface area contributed by atoms with E-state index in [0.717, 1.165) is 55.9 Å². The van der Waals surface area contributed by atoms with Crippen LogP contribution in [0, 0.1) is 0 Å². The van der Waals surface area contributed by atoms with E-state index < -0.39 is 0 Å². The van der Waals surface area contributed by atoms with Crippen LogP contribution in [0.4, 0.5) is 11.8 Å². The molecular weight excluding hydrogens is 316 g/mol. The van der Waals surface area contributed by atoms with E-state index in [2.05, 4.69) is 40.8 Å². The number of rotatable bonds is 6. The van der Waals surface area contributed by atoms with Crippen molar-refractivity contribution in [2.45, 2.75) is 26.8 Å². The summed E-state index contributed by atoms with van der Waals surface area (Å²) in [5, 5.41) is 0. The summed E-state index contributed by atoms with van der Waals surface area (Å²) in [4.78, 5) is 13.7. The fourth-order valence-corrected chi connectivity index (χ4v) is 3.25. The SMILES string of the molecule is CCN(CC)c1nccc(N2CCc3cc(OC)c(OC)cc3C2)n1. The number of nitrogens with zero attached hydrogens (tertiary/aromatic N) is 4. The summed E-state index contributed by atoms with van der Waals surface area (Å²) in [6.07, 6.45) is 2.81. The van der Waals surface area contributed by atoms with Gasteiger partial charge in [-0.3, -0.25) is 0 Å². The highest BCUT2D eigenvalue weighted by Gasteiger charge is 2.21. The Morgan fingerprint density at radius 1 is 1.08 bits per heavy atom. The first kappa shape index (κ1) is 17.3. The van der Waals surface area contributed by atoms with Crippen molar-refractivity contribution < 1.29 is 9.47 Å². The van der Waals surface area contributed by atoms with Crippen LogP contribution < -0.4 is 19.3 Å². The fraction of sp³-hybridized carbons (Fsp3) is 0.474. The quantitative estimate of drug-likeness (QED) is 0.804. The fourth-order valence-electron chi connectivity index (χ4n) is 3.25. The summed E-state index contributed by atoms with van der Waals surface area (Å²) >= 11 is 0. The highest BCUT2D eigenvalue weighted by Crippen LogP contribution is 2.34. The minimum atomic E-state index is 0.773. The minimum Gasteiger partial charge on any atom is -0.493 e. The molecule has 0 unspecified atom stereocenters. The van der Waals surface area contributed by atoms with Gasteiger partial charge in [-0.05, 0) is 49.6 Å². The Morgan fingerprint density at radius 3 is 2.40 bits per heavy atom. The average Bonchev–Trinajstić information content (AvgIpc) is 2.67. The van der Waals surface area contributed by atoms with Crippen molar-refractivity contribution in [3.8, 4) is 11.5 Å². The highest BCUT2D eigenvalue weighted by atomic mass is 16.5. The molecular formula is C19H26N4O2. The number of fused-ring (bicyclic) bond motifs is 1. The molecule has 0 N–H and O–H groups in total. The van der Waals surface area contributed by atoms with Crippen molar-refractivity contribution in [1.29, 1.82) is 0 Å². The Bertz CT molecular complexity index is 731. The van der Waals surface area contributed by atoms with Crippen LogP contribution in [0.1, 0.15) is 25.0 Å². The number of methoxy groups -OCH3 is 2. The second-order valence-electron chi connectivity index (χ2n) is 6.03. The largest absolute Gasteiger partial charge is 0.493 e. The molecule has 2 heterocycles. The molecule has 0 aliphatic carbocycles. The Kier molecular flexibility index (Phi) is 5.26. The van der Waals surface area contributed by atoms with E-state index in [4.69, 9.17) is 14.5 Å². The molecule has 2 aromatic rings. The maximum absolute atomic E-state index is 5.45. The molecule has 134 valence electrons. The molecule has 0 spiro atoms. The number of ether oxygens (including phenoxy) is 2. The van der Waals surface area contributed by atoms with Crippen molar-refractivity contribution in [1.82, 2.24) is 9.97 Å². The lowest BCUT2D eigenvalue weighted by atomic mass is 9.99. The van der Waals surface area contributed by atoms with Gasteiger partial charge in [0.1, 0.15) is 5.82 Å². The van der Waals surface area contributed by atoms with Crippen LogP contribution >= 0.6 is 0 Å². The monoisotopic (exact) mass is 342 g/mol. The lowest BCUT2D eigenvalue weighted by Gasteiger charge is -2.31. The number of hydrogen-bond acceptors (Lipinski definition) is 6. The molecule has 0 amide bonds. The Morgan fingerprint density at radius 2 is 1.76 bits per heavy atom. The topological polar surface area (TPSA) is 50.7 Å². The summed E-state index contributed by atoms with van der Waals surface area (Å²) in [5.74, 6) is 3.33. The van der Waals surface area contributed by atoms with Gasteiger partial charge in [0.2, 0.25) is 5.95 Å². The van der Waals surface area contributed by atoms with E-state index in [-0.39, 0.29) is 0 Å². The summed E-state index contributed by atoms with van der Waals surface area (Å²) in [6, 6.07) is 6.15. The van der Waals surface area contributed by atoms with Crippen LogP contribution in [0.15, 0.2) is 24.4 Å². The van der Waals surface area contributed by atoms with Crippen LogP contribution in [0.2, 0.25) is 0 Å². The smallest absolute Gasteiger partial charge is 0.227 e. The summed E-state index contributed by atoms with van der Waals surface area (Å²) < 4.78 is 10.9. The second kappa shape index (κ2) is 7.59. The van der Waals surface area contributed by atoms with Crippen molar-refractivity contribution in [2.24, 2.45) is 0 Å². The zero-order valence-corrected chi connectivity index (χ0v) is 15.5. The Labute approximate surface area is 149 Å². The van der Waals surface area contributed by atoms with E-state index in [0.29, 0.717) is 0 Å². The van der Waals surface area contributed by atoms with Gasteiger partial charge in [-0.15, -0.1) is 0 Å². The normalized spacial score (nSPS) is 13.4. The van der Waals surface area contributed by atoms with Gasteiger partial charge in [0.25, 0.3) is 0 Å². The molecule has 3 rings (SSSR count). The summed E-state index contributed by atoms with van der Waals surface area (Å²) in [7, 11) is 3.35. The molecule has 1 aliphatic heterocycles. The van der Waals surface area contributed by atoms with Gasteiger partial charge in [-0.25, -0.2) is 4.98 Å². The maximum Gasteiger partial charge on any atom is 0.227 e. The maximum atomic E-state index is 5.45. The van der Waals surface area contributed by atoms with Crippen LogP contribution in [-0.2, 0) is 13.0 Å².